The molecule has 1 heterocycles. The van der Waals surface area contributed by atoms with E-state index >= 15 is 0 Å². The number of aromatic hydroxyl groups is 1. The summed E-state index contributed by atoms with van der Waals surface area (Å²) < 4.78 is 0. The number of hydrogen-bond acceptors (Lipinski definition) is 3. The van der Waals surface area contributed by atoms with Gasteiger partial charge >= 0.3 is 0 Å². The highest BCUT2D eigenvalue weighted by molar-refractivity contribution is 6.08. The van der Waals surface area contributed by atoms with Crippen LogP contribution in [0.15, 0.2) is 46.2 Å². The largest absolute Gasteiger partial charge is 0.506 e. The lowest BCUT2D eigenvalue weighted by molar-refractivity contribution is 0.479. The Labute approximate surface area is 128 Å². The second kappa shape index (κ2) is 4.98. The van der Waals surface area contributed by atoms with Crippen LogP contribution in [-0.2, 0) is 0 Å². The van der Waals surface area contributed by atoms with Crippen LogP contribution in [-0.4, -0.2) is 21.8 Å². The van der Waals surface area contributed by atoms with Crippen molar-refractivity contribution in [3.05, 3.63) is 52.3 Å². The lowest BCUT2D eigenvalue weighted by atomic mass is 10.0. The fourth-order valence-electron chi connectivity index (χ4n) is 2.42. The minimum absolute atomic E-state index is 0.0301. The molecule has 0 atom stereocenters. The highest BCUT2D eigenvalue weighted by Gasteiger charge is 2.13. The first-order valence-electron chi connectivity index (χ1n) is 7.19. The molecule has 0 amide bonds. The Bertz CT molecular complexity index is 947. The van der Waals surface area contributed by atoms with E-state index in [1.165, 1.54) is 6.21 Å². The van der Waals surface area contributed by atoms with Gasteiger partial charge in [-0.3, -0.25) is 9.79 Å². The summed E-state index contributed by atoms with van der Waals surface area (Å²) in [6.45, 7) is 5.80. The van der Waals surface area contributed by atoms with Gasteiger partial charge in [0, 0.05) is 17.0 Å². The molecule has 0 fully saturated rings. The van der Waals surface area contributed by atoms with Crippen LogP contribution in [0.1, 0.15) is 26.3 Å². The summed E-state index contributed by atoms with van der Waals surface area (Å²) >= 11 is 0. The fraction of sp³-hybridized carbons (Fsp3) is 0.222. The van der Waals surface area contributed by atoms with E-state index in [1.807, 2.05) is 57.2 Å². The van der Waals surface area contributed by atoms with Gasteiger partial charge < -0.3 is 10.1 Å². The van der Waals surface area contributed by atoms with Crippen LogP contribution in [0.3, 0.4) is 0 Å². The zero-order valence-corrected chi connectivity index (χ0v) is 12.8. The Balaban J connectivity index is 2.33. The molecule has 2 aromatic carbocycles. The maximum Gasteiger partial charge on any atom is 0.261 e. The molecule has 22 heavy (non-hydrogen) atoms. The zero-order valence-electron chi connectivity index (χ0n) is 12.8. The molecule has 0 spiro atoms. The van der Waals surface area contributed by atoms with E-state index < -0.39 is 0 Å². The van der Waals surface area contributed by atoms with Crippen molar-refractivity contribution >= 4 is 27.9 Å². The first kappa shape index (κ1) is 14.3. The number of H-pyrrole nitrogens is 1. The van der Waals surface area contributed by atoms with E-state index in [0.717, 1.165) is 10.8 Å². The van der Waals surface area contributed by atoms with Crippen LogP contribution in [0, 0.1) is 0 Å². The van der Waals surface area contributed by atoms with Gasteiger partial charge in [0.2, 0.25) is 0 Å². The summed E-state index contributed by atoms with van der Waals surface area (Å²) in [5, 5.41) is 13.0. The molecule has 0 bridgehead atoms. The molecule has 3 aromatic rings. The van der Waals surface area contributed by atoms with E-state index in [1.54, 1.807) is 0 Å². The van der Waals surface area contributed by atoms with Crippen LogP contribution in [0.4, 0.5) is 0 Å². The number of fused-ring (bicyclic) bond motifs is 3. The van der Waals surface area contributed by atoms with Crippen molar-refractivity contribution in [2.75, 3.05) is 0 Å². The number of nitrogens with one attached hydrogen (secondary N) is 1. The first-order valence-corrected chi connectivity index (χ1v) is 7.19. The third-order valence-corrected chi connectivity index (χ3v) is 3.50. The molecule has 0 saturated carbocycles. The van der Waals surface area contributed by atoms with Crippen LogP contribution in [0.25, 0.3) is 21.7 Å². The molecule has 4 nitrogen and oxygen atoms in total. The third kappa shape index (κ3) is 2.48. The maximum absolute atomic E-state index is 12.3. The van der Waals surface area contributed by atoms with Gasteiger partial charge in [-0.1, -0.05) is 30.3 Å². The highest BCUT2D eigenvalue weighted by atomic mass is 16.3. The fourth-order valence-corrected chi connectivity index (χ4v) is 2.42. The molecular weight excluding hydrogens is 276 g/mol. The molecule has 0 aliphatic rings. The van der Waals surface area contributed by atoms with E-state index in [0.29, 0.717) is 10.9 Å². The first-order chi connectivity index (χ1) is 10.4. The zero-order chi connectivity index (χ0) is 15.9. The topological polar surface area (TPSA) is 65.5 Å². The van der Waals surface area contributed by atoms with Crippen LogP contribution in [0.5, 0.6) is 5.75 Å². The van der Waals surface area contributed by atoms with Gasteiger partial charge in [-0.15, -0.1) is 0 Å². The average Bonchev–Trinajstić information content (AvgIpc) is 2.45. The summed E-state index contributed by atoms with van der Waals surface area (Å²) in [6, 6.07) is 11.5. The molecule has 1 aromatic heterocycles. The van der Waals surface area contributed by atoms with E-state index in [-0.39, 0.29) is 22.4 Å². The van der Waals surface area contributed by atoms with Crippen LogP contribution >= 0.6 is 0 Å². The molecule has 2 N–H and O–H groups in total. The maximum atomic E-state index is 12.3. The SMILES string of the molecule is CC(C)(C)N=Cc1c(O)c2ccc3ccccc3c2[nH]c1=O. The minimum Gasteiger partial charge on any atom is -0.506 e. The summed E-state index contributed by atoms with van der Waals surface area (Å²) in [5.41, 5.74) is 0.192. The van der Waals surface area contributed by atoms with Crippen molar-refractivity contribution < 1.29 is 5.11 Å². The van der Waals surface area contributed by atoms with Gasteiger partial charge in [0.25, 0.3) is 5.56 Å². The predicted molar refractivity (Wildman–Crippen MR) is 91.1 cm³/mol. The number of nitrogens with zero attached hydrogens (tertiary/aromatic N) is 1. The number of benzene rings is 2. The van der Waals surface area contributed by atoms with Crippen molar-refractivity contribution in [2.24, 2.45) is 4.99 Å². The van der Waals surface area contributed by atoms with Crippen molar-refractivity contribution in [1.29, 1.82) is 0 Å². The number of hydrogen-bond donors (Lipinski definition) is 2. The Morgan fingerprint density at radius 3 is 2.55 bits per heavy atom. The van der Waals surface area contributed by atoms with Crippen LogP contribution in [0.2, 0.25) is 0 Å². The number of aromatic nitrogens is 1. The van der Waals surface area contributed by atoms with E-state index in [4.69, 9.17) is 0 Å². The van der Waals surface area contributed by atoms with Gasteiger partial charge in [0.1, 0.15) is 5.75 Å². The number of rotatable bonds is 1. The summed E-state index contributed by atoms with van der Waals surface area (Å²) in [5.74, 6) is -0.0301. The standard InChI is InChI=1S/C18H18N2O2/c1-18(2,3)19-10-14-16(21)13-9-8-11-6-4-5-7-12(11)15(13)20-17(14)22/h4-10H,1-3H3,(H2,20,21,22). The lowest BCUT2D eigenvalue weighted by Gasteiger charge is -2.12. The summed E-state index contributed by atoms with van der Waals surface area (Å²) in [7, 11) is 0. The van der Waals surface area contributed by atoms with Gasteiger partial charge in [-0.25, -0.2) is 0 Å². The van der Waals surface area contributed by atoms with Gasteiger partial charge in [-0.05, 0) is 32.2 Å². The predicted octanol–water partition coefficient (Wildman–Crippen LogP) is 3.60. The van der Waals surface area contributed by atoms with E-state index in [2.05, 4.69) is 9.98 Å². The van der Waals surface area contributed by atoms with Gasteiger partial charge in [-0.2, -0.15) is 0 Å². The Kier molecular flexibility index (Phi) is 3.24. The normalized spacial score (nSPS) is 12.5. The average molecular weight is 294 g/mol. The Morgan fingerprint density at radius 1 is 1.09 bits per heavy atom. The van der Waals surface area contributed by atoms with Crippen molar-refractivity contribution in [3.8, 4) is 5.75 Å². The molecule has 3 rings (SSSR count). The highest BCUT2D eigenvalue weighted by Crippen LogP contribution is 2.29. The molecule has 0 saturated heterocycles. The molecule has 0 aliphatic heterocycles. The van der Waals surface area contributed by atoms with Crippen LogP contribution < -0.4 is 5.56 Å². The molecule has 0 aliphatic carbocycles. The lowest BCUT2D eigenvalue weighted by Crippen LogP contribution is -2.15. The molecule has 0 unspecified atom stereocenters. The molecule has 0 radical (unpaired) electrons. The van der Waals surface area contributed by atoms with Gasteiger partial charge in [0.05, 0.1) is 16.6 Å². The monoisotopic (exact) mass is 294 g/mol. The van der Waals surface area contributed by atoms with Crippen molar-refractivity contribution in [3.63, 3.8) is 0 Å². The summed E-state index contributed by atoms with van der Waals surface area (Å²) in [4.78, 5) is 19.5. The quantitative estimate of drug-likeness (QED) is 0.532. The minimum atomic E-state index is -0.339. The molecule has 112 valence electrons. The summed E-state index contributed by atoms with van der Waals surface area (Å²) in [6.07, 6.45) is 1.45. The smallest absolute Gasteiger partial charge is 0.261 e. The number of aromatic amines is 1. The molecular formula is C18H18N2O2. The second-order valence-electron chi connectivity index (χ2n) is 6.35. The number of pyridine rings is 1. The van der Waals surface area contributed by atoms with Gasteiger partial charge in [0.15, 0.2) is 0 Å². The van der Waals surface area contributed by atoms with E-state index in [9.17, 15) is 9.90 Å². The Morgan fingerprint density at radius 2 is 1.82 bits per heavy atom. The number of aliphatic imine (C=N–C) groups is 1. The molecule has 4 heteroatoms. The second-order valence-corrected chi connectivity index (χ2v) is 6.35. The third-order valence-electron chi connectivity index (χ3n) is 3.50. The Hall–Kier alpha value is -2.62. The van der Waals surface area contributed by atoms with Crippen molar-refractivity contribution in [2.45, 2.75) is 26.3 Å². The van der Waals surface area contributed by atoms with Crippen molar-refractivity contribution in [1.82, 2.24) is 4.98 Å².